The van der Waals surface area contributed by atoms with Gasteiger partial charge in [0.2, 0.25) is 0 Å². The van der Waals surface area contributed by atoms with E-state index in [9.17, 15) is 0 Å². The van der Waals surface area contributed by atoms with Crippen LogP contribution in [-0.2, 0) is 0 Å². The van der Waals surface area contributed by atoms with E-state index in [1.807, 2.05) is 16.8 Å². The Morgan fingerprint density at radius 3 is 2.92 bits per heavy atom. The summed E-state index contributed by atoms with van der Waals surface area (Å²) in [5.41, 5.74) is 7.68. The van der Waals surface area contributed by atoms with Gasteiger partial charge in [0.05, 0.1) is 0 Å². The maximum Gasteiger partial charge on any atom is 0.198 e. The molecule has 0 aliphatic carbocycles. The largest absolute Gasteiger partial charge is 0.383 e. The molecule has 0 saturated carbocycles. The summed E-state index contributed by atoms with van der Waals surface area (Å²) in [6.45, 7) is 0. The van der Waals surface area contributed by atoms with Crippen LogP contribution in [0.3, 0.4) is 0 Å². The van der Waals surface area contributed by atoms with Gasteiger partial charge in [-0.1, -0.05) is 0 Å². The number of aromatic nitrogens is 2. The van der Waals surface area contributed by atoms with Crippen molar-refractivity contribution in [2.45, 2.75) is 0 Å². The van der Waals surface area contributed by atoms with Crippen LogP contribution in [0, 0.1) is 0 Å². The summed E-state index contributed by atoms with van der Waals surface area (Å²) in [6, 6.07) is 1.99. The molecule has 2 aromatic rings. The number of nitrogens with two attached hydrogens (primary N) is 1. The van der Waals surface area contributed by atoms with Gasteiger partial charge in [-0.3, -0.25) is 0 Å². The summed E-state index contributed by atoms with van der Waals surface area (Å²) in [6.07, 6.45) is 1.72. The lowest BCUT2D eigenvalue weighted by atomic mass is 10.2. The molecule has 66 valence electrons. The van der Waals surface area contributed by atoms with Crippen molar-refractivity contribution >= 4 is 33.1 Å². The molecule has 0 saturated heterocycles. The lowest BCUT2D eigenvalue weighted by Gasteiger charge is -2.00. The first-order valence-electron chi connectivity index (χ1n) is 3.58. The molecule has 2 heterocycles. The fourth-order valence-corrected chi connectivity index (χ4v) is 1.96. The molecule has 13 heavy (non-hydrogen) atoms. The minimum Gasteiger partial charge on any atom is -0.383 e. The number of nitrogens with zero attached hydrogens (tertiary/aromatic N) is 2. The van der Waals surface area contributed by atoms with Gasteiger partial charge in [0.25, 0.3) is 0 Å². The number of nitrogen functional groups attached to an aromatic ring is 1. The molecule has 2 aromatic heterocycles. The molecule has 0 aromatic carbocycles. The van der Waals surface area contributed by atoms with Crippen LogP contribution in [0.1, 0.15) is 0 Å². The third kappa shape index (κ3) is 1.71. The summed E-state index contributed by atoms with van der Waals surface area (Å²) in [7, 11) is 0. The predicted molar refractivity (Wildman–Crippen MR) is 57.5 cm³/mol. The molecule has 2 N–H and O–H groups in total. The number of thiophene rings is 1. The molecule has 3 nitrogen and oxygen atoms in total. The van der Waals surface area contributed by atoms with Crippen molar-refractivity contribution in [3.8, 4) is 11.1 Å². The van der Waals surface area contributed by atoms with Crippen LogP contribution >= 0.6 is 27.3 Å². The van der Waals surface area contributed by atoms with Crippen molar-refractivity contribution in [3.63, 3.8) is 0 Å². The molecule has 0 amide bonds. The number of hydrogen-bond donors (Lipinski definition) is 1. The number of halogens is 1. The first kappa shape index (κ1) is 8.65. The van der Waals surface area contributed by atoms with Crippen molar-refractivity contribution in [1.29, 1.82) is 0 Å². The molecule has 2 rings (SSSR count). The standard InChI is InChI=1S/C8H6BrN3S/c9-8-11-3-6(7(10)12-8)5-1-2-13-4-5/h1-4H,(H2,10,11,12). The Hall–Kier alpha value is -0.940. The molecule has 0 aliphatic heterocycles. The van der Waals surface area contributed by atoms with Crippen LogP contribution in [-0.4, -0.2) is 9.97 Å². The second-order valence-corrected chi connectivity index (χ2v) is 3.94. The Morgan fingerprint density at radius 1 is 1.46 bits per heavy atom. The summed E-state index contributed by atoms with van der Waals surface area (Å²) in [4.78, 5) is 8.04. The van der Waals surface area contributed by atoms with Crippen LogP contribution in [0.2, 0.25) is 0 Å². The normalized spacial score (nSPS) is 10.2. The predicted octanol–water partition coefficient (Wildman–Crippen LogP) is 2.55. The fraction of sp³-hybridized carbons (Fsp3) is 0. The van der Waals surface area contributed by atoms with Gasteiger partial charge in [-0.05, 0) is 38.3 Å². The molecule has 0 aliphatic rings. The third-order valence-electron chi connectivity index (χ3n) is 1.62. The molecule has 0 atom stereocenters. The number of rotatable bonds is 1. The molecule has 0 bridgehead atoms. The zero-order valence-corrected chi connectivity index (χ0v) is 8.97. The van der Waals surface area contributed by atoms with Crippen molar-refractivity contribution in [2.75, 3.05) is 5.73 Å². The average Bonchev–Trinajstić information content (AvgIpc) is 2.56. The van der Waals surface area contributed by atoms with Gasteiger partial charge in [-0.15, -0.1) is 0 Å². The Bertz CT molecular complexity index is 413. The van der Waals surface area contributed by atoms with Crippen LogP contribution in [0.25, 0.3) is 11.1 Å². The highest BCUT2D eigenvalue weighted by atomic mass is 79.9. The lowest BCUT2D eigenvalue weighted by molar-refractivity contribution is 1.12. The first-order chi connectivity index (χ1) is 6.27. The first-order valence-corrected chi connectivity index (χ1v) is 5.31. The SMILES string of the molecule is Nc1nc(Br)ncc1-c1ccsc1. The van der Waals surface area contributed by atoms with E-state index in [2.05, 4.69) is 25.9 Å². The minimum atomic E-state index is 0.500. The van der Waals surface area contributed by atoms with Gasteiger partial charge in [0, 0.05) is 11.8 Å². The highest BCUT2D eigenvalue weighted by molar-refractivity contribution is 9.10. The Labute approximate surface area is 87.8 Å². The van der Waals surface area contributed by atoms with Gasteiger partial charge >= 0.3 is 0 Å². The highest BCUT2D eigenvalue weighted by Gasteiger charge is 2.04. The van der Waals surface area contributed by atoms with Crippen molar-refractivity contribution in [2.24, 2.45) is 0 Å². The van der Waals surface area contributed by atoms with Gasteiger partial charge in [-0.2, -0.15) is 11.3 Å². The van der Waals surface area contributed by atoms with Crippen LogP contribution in [0.4, 0.5) is 5.82 Å². The Balaban J connectivity index is 2.53. The van der Waals surface area contributed by atoms with E-state index < -0.39 is 0 Å². The molecular weight excluding hydrogens is 250 g/mol. The summed E-state index contributed by atoms with van der Waals surface area (Å²) >= 11 is 4.78. The van der Waals surface area contributed by atoms with Gasteiger partial charge in [0.1, 0.15) is 5.82 Å². The van der Waals surface area contributed by atoms with E-state index in [0.29, 0.717) is 10.6 Å². The van der Waals surface area contributed by atoms with Gasteiger partial charge in [0.15, 0.2) is 4.73 Å². The van der Waals surface area contributed by atoms with Gasteiger partial charge in [-0.25, -0.2) is 9.97 Å². The Morgan fingerprint density at radius 2 is 2.31 bits per heavy atom. The smallest absolute Gasteiger partial charge is 0.198 e. The van der Waals surface area contributed by atoms with Crippen molar-refractivity contribution < 1.29 is 0 Å². The third-order valence-corrected chi connectivity index (χ3v) is 2.69. The fourth-order valence-electron chi connectivity index (χ4n) is 1.01. The molecule has 0 spiro atoms. The second-order valence-electron chi connectivity index (χ2n) is 2.45. The van der Waals surface area contributed by atoms with Crippen molar-refractivity contribution in [1.82, 2.24) is 9.97 Å². The number of hydrogen-bond acceptors (Lipinski definition) is 4. The van der Waals surface area contributed by atoms with Crippen molar-refractivity contribution in [3.05, 3.63) is 27.8 Å². The van der Waals surface area contributed by atoms with E-state index in [4.69, 9.17) is 5.73 Å². The second kappa shape index (κ2) is 3.43. The molecule has 5 heteroatoms. The molecule has 0 unspecified atom stereocenters. The summed E-state index contributed by atoms with van der Waals surface area (Å²) in [5.74, 6) is 0.500. The topological polar surface area (TPSA) is 51.8 Å². The van der Waals surface area contributed by atoms with Crippen LogP contribution in [0.15, 0.2) is 27.8 Å². The zero-order valence-electron chi connectivity index (χ0n) is 6.57. The van der Waals surface area contributed by atoms with E-state index in [1.165, 1.54) is 0 Å². The quantitative estimate of drug-likeness (QED) is 0.797. The highest BCUT2D eigenvalue weighted by Crippen LogP contribution is 2.26. The van der Waals surface area contributed by atoms with E-state index in [-0.39, 0.29) is 0 Å². The lowest BCUT2D eigenvalue weighted by Crippen LogP contribution is -1.95. The maximum atomic E-state index is 5.74. The van der Waals surface area contributed by atoms with E-state index >= 15 is 0 Å². The van der Waals surface area contributed by atoms with E-state index in [0.717, 1.165) is 11.1 Å². The zero-order chi connectivity index (χ0) is 9.26. The monoisotopic (exact) mass is 255 g/mol. The molecule has 0 radical (unpaired) electrons. The average molecular weight is 256 g/mol. The van der Waals surface area contributed by atoms with Gasteiger partial charge < -0.3 is 5.73 Å². The summed E-state index contributed by atoms with van der Waals surface area (Å²) in [5, 5.41) is 4.01. The summed E-state index contributed by atoms with van der Waals surface area (Å²) < 4.78 is 0.518. The van der Waals surface area contributed by atoms with E-state index in [1.54, 1.807) is 17.5 Å². The van der Waals surface area contributed by atoms with Crippen LogP contribution < -0.4 is 5.73 Å². The van der Waals surface area contributed by atoms with Crippen LogP contribution in [0.5, 0.6) is 0 Å². The minimum absolute atomic E-state index is 0.500. The maximum absolute atomic E-state index is 5.74. The Kier molecular flexibility index (Phi) is 2.28. The molecule has 0 fully saturated rings. The number of anilines is 1. The molecular formula is C8H6BrN3S.